The summed E-state index contributed by atoms with van der Waals surface area (Å²) in [5, 5.41) is 12.7. The van der Waals surface area contributed by atoms with Crippen molar-refractivity contribution in [2.75, 3.05) is 17.2 Å². The monoisotopic (exact) mass is 972 g/mol. The van der Waals surface area contributed by atoms with E-state index in [0.717, 1.165) is 96.1 Å². The summed E-state index contributed by atoms with van der Waals surface area (Å²) >= 11 is 0. The Labute approximate surface area is 438 Å². The lowest BCUT2D eigenvalue weighted by Gasteiger charge is -2.27. The van der Waals surface area contributed by atoms with Gasteiger partial charge in [0.2, 0.25) is 0 Å². The van der Waals surface area contributed by atoms with Gasteiger partial charge in [-0.2, -0.15) is 0 Å². The number of para-hydroxylation sites is 3. The van der Waals surface area contributed by atoms with Gasteiger partial charge in [-0.3, -0.25) is 9.98 Å². The van der Waals surface area contributed by atoms with Crippen molar-refractivity contribution in [1.29, 1.82) is 5.41 Å². The van der Waals surface area contributed by atoms with E-state index < -0.39 is 0 Å². The van der Waals surface area contributed by atoms with Gasteiger partial charge in [-0.25, -0.2) is 4.99 Å². The number of hydrogen-bond acceptors (Lipinski definition) is 3. The van der Waals surface area contributed by atoms with Crippen molar-refractivity contribution in [2.24, 2.45) is 10.7 Å². The average Bonchev–Trinajstić information content (AvgIpc) is 4.10. The number of aromatic nitrogens is 2. The van der Waals surface area contributed by atoms with Crippen molar-refractivity contribution in [3.63, 3.8) is 0 Å². The second kappa shape index (κ2) is 24.2. The van der Waals surface area contributed by atoms with E-state index in [9.17, 15) is 5.41 Å². The third-order valence-electron chi connectivity index (χ3n) is 13.2. The van der Waals surface area contributed by atoms with Gasteiger partial charge in [0.25, 0.3) is 0 Å². The lowest BCUT2D eigenvalue weighted by molar-refractivity contribution is 0.975. The predicted octanol–water partition coefficient (Wildman–Crippen LogP) is 17.3. The molecule has 2 aliphatic rings. The molecule has 2 aliphatic carbocycles. The van der Waals surface area contributed by atoms with Crippen molar-refractivity contribution < 1.29 is 0 Å². The van der Waals surface area contributed by atoms with Gasteiger partial charge in [-0.1, -0.05) is 217 Å². The van der Waals surface area contributed by atoms with Gasteiger partial charge >= 0.3 is 0 Å². The molecule has 12 rings (SSSR count). The minimum absolute atomic E-state index is 0.213. The highest BCUT2D eigenvalue weighted by molar-refractivity contribution is 6.24. The number of benzene rings is 8. The Bertz CT molecular complexity index is 3580. The molecule has 0 aliphatic heterocycles. The summed E-state index contributed by atoms with van der Waals surface area (Å²) in [5.41, 5.74) is 28.9. The standard InChI is InChI=1S/C54H43N7.C7H8.3C2H6/c55-52(36-19-7-2-8-20-36)58-53(56)48-42-27-14-13-25-40(42)45-33-39(29-30-43(45)48)60-46-28-16-15-26-41(46)44-31-32-47-49(50(44)60)51(54(57)61(47)38-23-11-4-12-24-38)59(37-21-9-3-10-22-37)34-35-17-5-1-6-18-35;1-7-5-3-2-4-6-7;3*1-2/h2-5,7-33,48H,1,6,34,57H2,(H3,55,56,58);2-6H,1H3;3*1-2H3. The second-order valence-corrected chi connectivity index (χ2v) is 17.5. The molecule has 10 aromatic rings. The maximum atomic E-state index is 9.35. The number of hydrogen-bond donors (Lipinski definition) is 3. The molecule has 2 heterocycles. The minimum atomic E-state index is -0.360. The highest BCUT2D eigenvalue weighted by atomic mass is 15.2. The second-order valence-electron chi connectivity index (χ2n) is 17.5. The summed E-state index contributed by atoms with van der Waals surface area (Å²) in [7, 11) is 0. The van der Waals surface area contributed by atoms with Crippen LogP contribution in [-0.2, 0) is 0 Å². The van der Waals surface area contributed by atoms with Crippen molar-refractivity contribution in [3.8, 4) is 22.5 Å². The molecular weight excluding hydrogens is 903 g/mol. The summed E-state index contributed by atoms with van der Waals surface area (Å²) in [6, 6.07) is 69.2. The first-order valence-electron chi connectivity index (χ1n) is 26.3. The van der Waals surface area contributed by atoms with Crippen LogP contribution in [0.1, 0.15) is 82.6 Å². The smallest absolute Gasteiger partial charge is 0.135 e. The van der Waals surface area contributed by atoms with E-state index in [1.54, 1.807) is 0 Å². The van der Waals surface area contributed by atoms with Crippen LogP contribution in [0.15, 0.2) is 229 Å². The number of aryl methyl sites for hydroxylation is 1. The van der Waals surface area contributed by atoms with Crippen LogP contribution in [0.5, 0.6) is 0 Å². The van der Waals surface area contributed by atoms with Crippen LogP contribution in [0, 0.1) is 12.3 Å². The SMILES string of the molecule is CC.CC.CC.Cc1ccccc1.N=C(N=C(N)c1ccccc1)C1c2ccccc2-c2cc(-n3c4ccccc4c4ccc5c(c(N(CC6=CCCC=C6)c6ccccc6)c(N)n5-c5ccccc5)c43)ccc21. The van der Waals surface area contributed by atoms with Crippen LogP contribution >= 0.6 is 0 Å². The summed E-state index contributed by atoms with van der Waals surface area (Å²) in [6.07, 6.45) is 8.95. The van der Waals surface area contributed by atoms with E-state index in [1.807, 2.05) is 102 Å². The molecule has 7 nitrogen and oxygen atoms in total. The number of nitrogens with two attached hydrogens (primary N) is 2. The van der Waals surface area contributed by atoms with Crippen LogP contribution in [-0.4, -0.2) is 27.4 Å². The Morgan fingerprint density at radius 3 is 1.86 bits per heavy atom. The molecule has 74 heavy (non-hydrogen) atoms. The molecule has 7 heteroatoms. The molecule has 8 aromatic carbocycles. The van der Waals surface area contributed by atoms with Crippen molar-refractivity contribution in [3.05, 3.63) is 246 Å². The number of nitrogens with zero attached hydrogens (tertiary/aromatic N) is 4. The minimum Gasteiger partial charge on any atom is -0.383 e. The van der Waals surface area contributed by atoms with Crippen molar-refractivity contribution in [1.82, 2.24) is 9.13 Å². The number of allylic oxidation sites excluding steroid dienone is 2. The highest BCUT2D eigenvalue weighted by Crippen LogP contribution is 2.50. The molecule has 0 amide bonds. The predicted molar refractivity (Wildman–Crippen MR) is 319 cm³/mol. The van der Waals surface area contributed by atoms with Gasteiger partial charge < -0.3 is 20.9 Å². The van der Waals surface area contributed by atoms with Gasteiger partial charge in [0, 0.05) is 39.9 Å². The van der Waals surface area contributed by atoms with Crippen LogP contribution in [0.2, 0.25) is 0 Å². The molecule has 0 spiro atoms. The summed E-state index contributed by atoms with van der Waals surface area (Å²) in [6.45, 7) is 14.7. The zero-order chi connectivity index (χ0) is 52.1. The zero-order valence-electron chi connectivity index (χ0n) is 43.9. The molecule has 1 unspecified atom stereocenters. The summed E-state index contributed by atoms with van der Waals surface area (Å²) < 4.78 is 4.63. The number of rotatable bonds is 8. The molecule has 0 saturated heterocycles. The fraction of sp³-hybridized carbons (Fsp3) is 0.164. The van der Waals surface area contributed by atoms with E-state index in [4.69, 9.17) is 11.5 Å². The zero-order valence-corrected chi connectivity index (χ0v) is 43.9. The molecular formula is C67H69N7. The molecule has 0 radical (unpaired) electrons. The van der Waals surface area contributed by atoms with E-state index in [1.165, 1.54) is 11.1 Å². The highest BCUT2D eigenvalue weighted by Gasteiger charge is 2.33. The van der Waals surface area contributed by atoms with Gasteiger partial charge in [-0.05, 0) is 96.1 Å². The number of anilines is 3. The van der Waals surface area contributed by atoms with Crippen LogP contribution in [0.3, 0.4) is 0 Å². The third-order valence-corrected chi connectivity index (χ3v) is 13.2. The number of nitrogen functional groups attached to an aromatic ring is 1. The summed E-state index contributed by atoms with van der Waals surface area (Å²) in [4.78, 5) is 7.09. The van der Waals surface area contributed by atoms with E-state index >= 15 is 0 Å². The Morgan fingerprint density at radius 2 is 1.20 bits per heavy atom. The summed E-state index contributed by atoms with van der Waals surface area (Å²) in [5.74, 6) is 0.862. The molecule has 0 bridgehead atoms. The maximum absolute atomic E-state index is 9.35. The van der Waals surface area contributed by atoms with Gasteiger partial charge in [0.05, 0.1) is 33.5 Å². The first kappa shape index (κ1) is 51.7. The molecule has 1 atom stereocenters. The van der Waals surface area contributed by atoms with E-state index in [-0.39, 0.29) is 11.8 Å². The molecule has 0 saturated carbocycles. The number of nitrogens with one attached hydrogen (secondary N) is 1. The normalized spacial score (nSPS) is 13.1. The Kier molecular flexibility index (Phi) is 16.9. The first-order chi connectivity index (χ1) is 36.4. The van der Waals surface area contributed by atoms with Gasteiger partial charge in [0.15, 0.2) is 0 Å². The Balaban J connectivity index is 0.000000505. The Morgan fingerprint density at radius 1 is 0.595 bits per heavy atom. The lowest BCUT2D eigenvalue weighted by Crippen LogP contribution is -2.21. The number of aliphatic imine (C=N–C) groups is 1. The van der Waals surface area contributed by atoms with Crippen LogP contribution < -0.4 is 16.4 Å². The first-order valence-corrected chi connectivity index (χ1v) is 26.3. The van der Waals surface area contributed by atoms with Gasteiger partial charge in [-0.15, -0.1) is 0 Å². The largest absolute Gasteiger partial charge is 0.383 e. The number of amidine groups is 2. The number of fused-ring (bicyclic) bond motifs is 8. The quantitative estimate of drug-likeness (QED) is 0.104. The maximum Gasteiger partial charge on any atom is 0.135 e. The lowest BCUT2D eigenvalue weighted by atomic mass is 9.95. The molecule has 372 valence electrons. The average molecular weight is 972 g/mol. The van der Waals surface area contributed by atoms with Crippen LogP contribution in [0.25, 0.3) is 55.2 Å². The molecule has 0 fully saturated rings. The Hall–Kier alpha value is -8.68. The van der Waals surface area contributed by atoms with Crippen LogP contribution in [0.4, 0.5) is 17.2 Å². The molecule has 2 aromatic heterocycles. The topological polar surface area (TPSA) is 101 Å². The van der Waals surface area contributed by atoms with Crippen molar-refractivity contribution in [2.45, 2.75) is 67.2 Å². The fourth-order valence-corrected chi connectivity index (χ4v) is 10.1. The van der Waals surface area contributed by atoms with Crippen molar-refractivity contribution >= 4 is 61.6 Å². The third kappa shape index (κ3) is 10.2. The fourth-order valence-electron chi connectivity index (χ4n) is 10.1. The van der Waals surface area contributed by atoms with Gasteiger partial charge in [0.1, 0.15) is 17.5 Å². The molecule has 5 N–H and O–H groups in total. The van der Waals surface area contributed by atoms with E-state index in [2.05, 4.69) is 184 Å². The van der Waals surface area contributed by atoms with E-state index in [0.29, 0.717) is 18.2 Å².